The maximum atomic E-state index is 12.7. The quantitative estimate of drug-likeness (QED) is 0.673. The molecule has 2 heterocycles. The summed E-state index contributed by atoms with van der Waals surface area (Å²) in [6.45, 7) is 3.76. The van der Waals surface area contributed by atoms with Crippen LogP contribution < -0.4 is 15.4 Å². The van der Waals surface area contributed by atoms with Gasteiger partial charge in [0.25, 0.3) is 5.91 Å². The molecule has 1 atom stereocenters. The predicted molar refractivity (Wildman–Crippen MR) is 113 cm³/mol. The van der Waals surface area contributed by atoms with Gasteiger partial charge in [-0.25, -0.2) is 4.79 Å². The Morgan fingerprint density at radius 1 is 1.28 bits per heavy atom. The molecule has 1 unspecified atom stereocenters. The smallest absolute Gasteiger partial charge is 0.407 e. The molecule has 0 bridgehead atoms. The second kappa shape index (κ2) is 9.97. The molecule has 3 rings (SSSR count). The Balaban J connectivity index is 1.56. The van der Waals surface area contributed by atoms with Gasteiger partial charge >= 0.3 is 12.7 Å². The lowest BCUT2D eigenvalue weighted by Gasteiger charge is -2.25. The first-order valence-electron chi connectivity index (χ1n) is 10.4. The van der Waals surface area contributed by atoms with E-state index in [-0.39, 0.29) is 24.1 Å². The molecule has 1 aromatic carbocycles. The van der Waals surface area contributed by atoms with Crippen LogP contribution in [0.4, 0.5) is 13.6 Å². The van der Waals surface area contributed by atoms with Gasteiger partial charge in [-0.1, -0.05) is 12.1 Å². The van der Waals surface area contributed by atoms with Crippen molar-refractivity contribution < 1.29 is 27.8 Å². The summed E-state index contributed by atoms with van der Waals surface area (Å²) in [4.78, 5) is 24.6. The Labute approximate surface area is 185 Å². The molecule has 2 amide bonds. The Morgan fingerprint density at radius 2 is 2.06 bits per heavy atom. The molecule has 0 saturated carbocycles. The van der Waals surface area contributed by atoms with Gasteiger partial charge in [0.2, 0.25) is 0 Å². The lowest BCUT2D eigenvalue weighted by molar-refractivity contribution is -0.0499. The molecule has 0 fully saturated rings. The summed E-state index contributed by atoms with van der Waals surface area (Å²) in [6, 6.07) is 6.18. The number of amides is 2. The monoisotopic (exact) mass is 450 g/mol. The fourth-order valence-corrected chi connectivity index (χ4v) is 3.51. The van der Waals surface area contributed by atoms with Crippen molar-refractivity contribution in [2.45, 2.75) is 58.9 Å². The number of carbonyl (C=O) groups is 2. The summed E-state index contributed by atoms with van der Waals surface area (Å²) >= 11 is 0. The average Bonchev–Trinajstić information content (AvgIpc) is 3.12. The highest BCUT2D eigenvalue weighted by molar-refractivity contribution is 5.95. The fraction of sp³-hybridized carbons (Fsp3) is 0.500. The molecule has 1 aliphatic heterocycles. The SMILES string of the molecule is CC(C)(C)OC(=O)NCC1CCn2ncc(C(=O)NCc3cccc(OC(F)F)c3)c2C1. The molecular weight excluding hydrogens is 422 g/mol. The highest BCUT2D eigenvalue weighted by Crippen LogP contribution is 2.23. The van der Waals surface area contributed by atoms with Crippen LogP contribution in [0.25, 0.3) is 0 Å². The molecule has 2 N–H and O–H groups in total. The number of ether oxygens (including phenoxy) is 2. The Kier molecular flexibility index (Phi) is 7.32. The molecule has 32 heavy (non-hydrogen) atoms. The maximum Gasteiger partial charge on any atom is 0.407 e. The van der Waals surface area contributed by atoms with E-state index in [0.29, 0.717) is 30.6 Å². The van der Waals surface area contributed by atoms with Crippen molar-refractivity contribution in [3.63, 3.8) is 0 Å². The fourth-order valence-electron chi connectivity index (χ4n) is 3.51. The third-order valence-corrected chi connectivity index (χ3v) is 4.94. The zero-order valence-corrected chi connectivity index (χ0v) is 18.4. The number of rotatable bonds is 7. The largest absolute Gasteiger partial charge is 0.444 e. The molecule has 0 radical (unpaired) electrons. The van der Waals surface area contributed by atoms with E-state index >= 15 is 0 Å². The van der Waals surface area contributed by atoms with Gasteiger partial charge in [-0.05, 0) is 57.2 Å². The summed E-state index contributed by atoms with van der Waals surface area (Å²) in [7, 11) is 0. The molecule has 1 aliphatic rings. The van der Waals surface area contributed by atoms with Crippen LogP contribution in [0.3, 0.4) is 0 Å². The van der Waals surface area contributed by atoms with Crippen molar-refractivity contribution in [1.29, 1.82) is 0 Å². The van der Waals surface area contributed by atoms with Crippen molar-refractivity contribution in [3.8, 4) is 5.75 Å². The number of nitrogens with one attached hydrogen (secondary N) is 2. The van der Waals surface area contributed by atoms with Gasteiger partial charge in [-0.15, -0.1) is 0 Å². The van der Waals surface area contributed by atoms with Crippen molar-refractivity contribution in [3.05, 3.63) is 47.3 Å². The van der Waals surface area contributed by atoms with Crippen LogP contribution >= 0.6 is 0 Å². The number of alkyl halides is 2. The van der Waals surface area contributed by atoms with E-state index in [4.69, 9.17) is 4.74 Å². The molecule has 2 aromatic rings. The van der Waals surface area contributed by atoms with E-state index in [0.717, 1.165) is 12.1 Å². The van der Waals surface area contributed by atoms with E-state index in [1.54, 1.807) is 37.6 Å². The standard InChI is InChI=1S/C22H28F2N4O4/c1-22(2,3)32-21(30)26-12-15-7-8-28-18(10-15)17(13-27-28)19(29)25-11-14-5-4-6-16(9-14)31-20(23)24/h4-6,9,13,15,20H,7-8,10-12H2,1-3H3,(H,25,29)(H,26,30). The summed E-state index contributed by atoms with van der Waals surface area (Å²) in [5, 5.41) is 9.89. The highest BCUT2D eigenvalue weighted by atomic mass is 19.3. The molecule has 0 spiro atoms. The summed E-state index contributed by atoms with van der Waals surface area (Å²) in [5.74, 6) is -0.108. The number of benzene rings is 1. The number of hydrogen-bond donors (Lipinski definition) is 2. The van der Waals surface area contributed by atoms with E-state index in [9.17, 15) is 18.4 Å². The van der Waals surface area contributed by atoms with Gasteiger partial charge in [-0.3, -0.25) is 9.48 Å². The predicted octanol–water partition coefficient (Wildman–Crippen LogP) is 3.50. The van der Waals surface area contributed by atoms with E-state index < -0.39 is 18.3 Å². The number of alkyl carbamates (subject to hydrolysis) is 1. The van der Waals surface area contributed by atoms with Gasteiger partial charge in [0.05, 0.1) is 17.5 Å². The number of carbonyl (C=O) groups excluding carboxylic acids is 2. The number of aromatic nitrogens is 2. The topological polar surface area (TPSA) is 94.5 Å². The van der Waals surface area contributed by atoms with Crippen LogP contribution in [0.2, 0.25) is 0 Å². The van der Waals surface area contributed by atoms with Crippen LogP contribution in [0.5, 0.6) is 5.75 Å². The van der Waals surface area contributed by atoms with Gasteiger partial charge < -0.3 is 20.1 Å². The normalized spacial score (nSPS) is 15.8. The van der Waals surface area contributed by atoms with Crippen LogP contribution in [-0.2, 0) is 24.2 Å². The van der Waals surface area contributed by atoms with Gasteiger partial charge in [0, 0.05) is 19.6 Å². The third kappa shape index (κ3) is 6.66. The van der Waals surface area contributed by atoms with Crippen molar-refractivity contribution in [2.24, 2.45) is 5.92 Å². The Morgan fingerprint density at radius 3 is 2.78 bits per heavy atom. The molecule has 174 valence electrons. The molecule has 0 saturated heterocycles. The van der Waals surface area contributed by atoms with Gasteiger partial charge in [0.15, 0.2) is 0 Å². The number of halogens is 2. The van der Waals surface area contributed by atoms with Crippen LogP contribution in [0, 0.1) is 5.92 Å². The van der Waals surface area contributed by atoms with Crippen LogP contribution in [0.15, 0.2) is 30.5 Å². The minimum absolute atomic E-state index is 0.0370. The number of aryl methyl sites for hydroxylation is 1. The molecule has 1 aromatic heterocycles. The lowest BCUT2D eigenvalue weighted by atomic mass is 9.94. The first kappa shape index (κ1) is 23.5. The Bertz CT molecular complexity index is 956. The zero-order valence-electron chi connectivity index (χ0n) is 18.4. The number of nitrogens with zero attached hydrogens (tertiary/aromatic N) is 2. The minimum atomic E-state index is -2.91. The summed E-state index contributed by atoms with van der Waals surface area (Å²) in [6.07, 6.45) is 2.48. The average molecular weight is 450 g/mol. The molecule has 0 aliphatic carbocycles. The van der Waals surface area contributed by atoms with Gasteiger partial charge in [-0.2, -0.15) is 13.9 Å². The first-order chi connectivity index (χ1) is 15.1. The van der Waals surface area contributed by atoms with Crippen LogP contribution in [0.1, 0.15) is 48.8 Å². The number of hydrogen-bond acceptors (Lipinski definition) is 5. The summed E-state index contributed by atoms with van der Waals surface area (Å²) in [5.41, 5.74) is 1.34. The van der Waals surface area contributed by atoms with Crippen molar-refractivity contribution in [1.82, 2.24) is 20.4 Å². The molecular formula is C22H28F2N4O4. The molecule has 10 heteroatoms. The number of fused-ring (bicyclic) bond motifs is 1. The van der Waals surface area contributed by atoms with E-state index in [1.165, 1.54) is 18.3 Å². The summed E-state index contributed by atoms with van der Waals surface area (Å²) < 4.78 is 36.2. The van der Waals surface area contributed by atoms with E-state index in [1.807, 2.05) is 0 Å². The lowest BCUT2D eigenvalue weighted by Crippen LogP contribution is -2.37. The molecule has 8 nitrogen and oxygen atoms in total. The van der Waals surface area contributed by atoms with E-state index in [2.05, 4.69) is 20.5 Å². The second-order valence-corrected chi connectivity index (χ2v) is 8.68. The van der Waals surface area contributed by atoms with Crippen molar-refractivity contribution >= 4 is 12.0 Å². The van der Waals surface area contributed by atoms with Crippen LogP contribution in [-0.4, -0.2) is 40.5 Å². The Hall–Kier alpha value is -3.17. The highest BCUT2D eigenvalue weighted by Gasteiger charge is 2.26. The first-order valence-corrected chi connectivity index (χ1v) is 10.4. The minimum Gasteiger partial charge on any atom is -0.444 e. The second-order valence-electron chi connectivity index (χ2n) is 8.68. The third-order valence-electron chi connectivity index (χ3n) is 4.94. The van der Waals surface area contributed by atoms with Gasteiger partial charge in [0.1, 0.15) is 11.4 Å². The van der Waals surface area contributed by atoms with Crippen molar-refractivity contribution in [2.75, 3.05) is 6.54 Å². The maximum absolute atomic E-state index is 12.7. The zero-order chi connectivity index (χ0) is 23.3.